The molecule has 1 aromatic heterocycles. The fourth-order valence-electron chi connectivity index (χ4n) is 2.03. The Morgan fingerprint density at radius 2 is 2.16 bits per heavy atom. The average molecular weight is 261 g/mol. The maximum absolute atomic E-state index is 13.6. The second kappa shape index (κ2) is 5.09. The molecule has 4 N–H and O–H groups in total. The van der Waals surface area contributed by atoms with E-state index in [1.807, 2.05) is 6.92 Å². The molecule has 0 saturated heterocycles. The Labute approximate surface area is 110 Å². The molecule has 6 heteroatoms. The lowest BCUT2D eigenvalue weighted by molar-refractivity contribution is 0.586. The summed E-state index contributed by atoms with van der Waals surface area (Å²) in [6, 6.07) is 6.54. The monoisotopic (exact) mass is 261 g/mol. The molecule has 0 aliphatic carbocycles. The summed E-state index contributed by atoms with van der Waals surface area (Å²) in [5.74, 6) is 0.358. The Balaban J connectivity index is 2.43. The first-order valence-electron chi connectivity index (χ1n) is 5.87. The lowest BCUT2D eigenvalue weighted by Gasteiger charge is -2.08. The molecule has 0 amide bonds. The molecule has 0 saturated carbocycles. The van der Waals surface area contributed by atoms with Crippen LogP contribution in [-0.2, 0) is 6.54 Å². The van der Waals surface area contributed by atoms with E-state index in [0.29, 0.717) is 11.3 Å². The first kappa shape index (κ1) is 13.1. The fraction of sp³-hybridized carbons (Fsp3) is 0.231. The Bertz CT molecular complexity index is 617. The molecular weight excluding hydrogens is 245 g/mol. The van der Waals surface area contributed by atoms with Crippen LogP contribution < -0.4 is 11.1 Å². The van der Waals surface area contributed by atoms with E-state index < -0.39 is 0 Å². The van der Waals surface area contributed by atoms with Crippen LogP contribution in [0.1, 0.15) is 16.8 Å². The number of nitrogens with zero attached hydrogens (tertiary/aromatic N) is 2. The number of halogens is 1. The average Bonchev–Trinajstić information content (AvgIpc) is 2.68. The van der Waals surface area contributed by atoms with Crippen LogP contribution in [0.15, 0.2) is 24.3 Å². The number of rotatable bonds is 4. The molecule has 0 unspecified atom stereocenters. The summed E-state index contributed by atoms with van der Waals surface area (Å²) in [4.78, 5) is 0. The second-order valence-electron chi connectivity index (χ2n) is 4.23. The molecule has 0 bridgehead atoms. The number of benzene rings is 1. The first-order valence-corrected chi connectivity index (χ1v) is 5.87. The summed E-state index contributed by atoms with van der Waals surface area (Å²) in [5, 5.41) is 14.7. The predicted octanol–water partition coefficient (Wildman–Crippen LogP) is 1.70. The van der Waals surface area contributed by atoms with Gasteiger partial charge in [-0.3, -0.25) is 5.41 Å². The molecule has 2 rings (SSSR count). The van der Waals surface area contributed by atoms with E-state index in [4.69, 9.17) is 11.1 Å². The topological polar surface area (TPSA) is 79.7 Å². The minimum atomic E-state index is -0.276. The van der Waals surface area contributed by atoms with Gasteiger partial charge in [-0.15, -0.1) is 0 Å². The lowest BCUT2D eigenvalue weighted by Crippen LogP contribution is -2.14. The highest BCUT2D eigenvalue weighted by Crippen LogP contribution is 2.20. The third kappa shape index (κ3) is 2.42. The minimum Gasteiger partial charge on any atom is -0.382 e. The maximum atomic E-state index is 13.6. The number of anilines is 1. The standard InChI is InChI=1S/C13H16FN5/c1-8-11(12(15)16)18-19(13(8)17-2)7-9-5-3-4-6-10(9)14/h3-6,17H,7H2,1-2H3,(H3,15,16). The molecule has 1 aromatic carbocycles. The summed E-state index contributed by atoms with van der Waals surface area (Å²) in [6.07, 6.45) is 0. The number of aromatic nitrogens is 2. The van der Waals surface area contributed by atoms with Crippen LogP contribution in [0, 0.1) is 18.2 Å². The third-order valence-corrected chi connectivity index (χ3v) is 2.96. The maximum Gasteiger partial charge on any atom is 0.144 e. The van der Waals surface area contributed by atoms with Crippen molar-refractivity contribution in [2.75, 3.05) is 12.4 Å². The van der Waals surface area contributed by atoms with E-state index in [0.717, 1.165) is 11.4 Å². The number of amidine groups is 1. The van der Waals surface area contributed by atoms with Crippen LogP contribution in [0.4, 0.5) is 10.2 Å². The van der Waals surface area contributed by atoms with Gasteiger partial charge in [0, 0.05) is 18.2 Å². The van der Waals surface area contributed by atoms with Crippen LogP contribution in [0.2, 0.25) is 0 Å². The summed E-state index contributed by atoms with van der Waals surface area (Å²) in [5.41, 5.74) is 7.22. The number of nitrogens with one attached hydrogen (secondary N) is 2. The van der Waals surface area contributed by atoms with E-state index >= 15 is 0 Å². The molecule has 0 fully saturated rings. The van der Waals surface area contributed by atoms with Crippen molar-refractivity contribution in [3.05, 3.63) is 46.9 Å². The highest BCUT2D eigenvalue weighted by Gasteiger charge is 2.16. The molecule has 0 spiro atoms. The largest absolute Gasteiger partial charge is 0.382 e. The molecule has 5 nitrogen and oxygen atoms in total. The van der Waals surface area contributed by atoms with Crippen LogP contribution in [0.5, 0.6) is 0 Å². The van der Waals surface area contributed by atoms with Crippen molar-refractivity contribution in [3.8, 4) is 0 Å². The van der Waals surface area contributed by atoms with Gasteiger partial charge in [0.15, 0.2) is 0 Å². The number of nitrogens with two attached hydrogens (primary N) is 1. The second-order valence-corrected chi connectivity index (χ2v) is 4.23. The van der Waals surface area contributed by atoms with Gasteiger partial charge < -0.3 is 11.1 Å². The molecule has 0 radical (unpaired) electrons. The van der Waals surface area contributed by atoms with Crippen molar-refractivity contribution in [1.82, 2.24) is 9.78 Å². The SMILES string of the molecule is CNc1c(C)c(C(=N)N)nn1Cc1ccccc1F. The normalized spacial score (nSPS) is 10.5. The molecule has 19 heavy (non-hydrogen) atoms. The van der Waals surface area contributed by atoms with Gasteiger partial charge in [0.25, 0.3) is 0 Å². The number of hydrogen-bond acceptors (Lipinski definition) is 3. The van der Waals surface area contributed by atoms with Gasteiger partial charge in [0.05, 0.1) is 6.54 Å². The molecule has 0 aliphatic heterocycles. The predicted molar refractivity (Wildman–Crippen MR) is 73.0 cm³/mol. The molecule has 0 atom stereocenters. The van der Waals surface area contributed by atoms with Crippen molar-refractivity contribution >= 4 is 11.7 Å². The molecule has 1 heterocycles. The lowest BCUT2D eigenvalue weighted by atomic mass is 10.2. The smallest absolute Gasteiger partial charge is 0.144 e. The molecular formula is C13H16FN5. The Kier molecular flexibility index (Phi) is 3.50. The van der Waals surface area contributed by atoms with Crippen molar-refractivity contribution in [1.29, 1.82) is 5.41 Å². The summed E-state index contributed by atoms with van der Waals surface area (Å²) in [7, 11) is 1.76. The molecule has 2 aromatic rings. The fourth-order valence-corrected chi connectivity index (χ4v) is 2.03. The van der Waals surface area contributed by atoms with Gasteiger partial charge in [-0.1, -0.05) is 18.2 Å². The Morgan fingerprint density at radius 1 is 1.47 bits per heavy atom. The van der Waals surface area contributed by atoms with Crippen LogP contribution in [0.3, 0.4) is 0 Å². The van der Waals surface area contributed by atoms with Gasteiger partial charge >= 0.3 is 0 Å². The van der Waals surface area contributed by atoms with Gasteiger partial charge in [0.2, 0.25) is 0 Å². The zero-order chi connectivity index (χ0) is 14.0. The van der Waals surface area contributed by atoms with E-state index in [-0.39, 0.29) is 18.2 Å². The highest BCUT2D eigenvalue weighted by molar-refractivity contribution is 5.95. The highest BCUT2D eigenvalue weighted by atomic mass is 19.1. The molecule has 100 valence electrons. The van der Waals surface area contributed by atoms with Crippen molar-refractivity contribution < 1.29 is 4.39 Å². The van der Waals surface area contributed by atoms with E-state index in [1.165, 1.54) is 6.07 Å². The van der Waals surface area contributed by atoms with Gasteiger partial charge in [-0.2, -0.15) is 5.10 Å². The number of nitrogen functional groups attached to an aromatic ring is 1. The zero-order valence-electron chi connectivity index (χ0n) is 10.9. The van der Waals surface area contributed by atoms with Crippen molar-refractivity contribution in [3.63, 3.8) is 0 Å². The van der Waals surface area contributed by atoms with Crippen molar-refractivity contribution in [2.24, 2.45) is 5.73 Å². The van der Waals surface area contributed by atoms with Crippen LogP contribution in [0.25, 0.3) is 0 Å². The molecule has 0 aliphatic rings. The van der Waals surface area contributed by atoms with Crippen LogP contribution in [-0.4, -0.2) is 22.7 Å². The third-order valence-electron chi connectivity index (χ3n) is 2.96. The van der Waals surface area contributed by atoms with Gasteiger partial charge in [-0.05, 0) is 13.0 Å². The van der Waals surface area contributed by atoms with Gasteiger partial charge in [0.1, 0.15) is 23.2 Å². The quantitative estimate of drug-likeness (QED) is 0.579. The van der Waals surface area contributed by atoms with Gasteiger partial charge in [-0.25, -0.2) is 9.07 Å². The van der Waals surface area contributed by atoms with Crippen molar-refractivity contribution in [2.45, 2.75) is 13.5 Å². The van der Waals surface area contributed by atoms with Crippen LogP contribution >= 0.6 is 0 Å². The summed E-state index contributed by atoms with van der Waals surface area (Å²) >= 11 is 0. The zero-order valence-corrected chi connectivity index (χ0v) is 10.9. The summed E-state index contributed by atoms with van der Waals surface area (Å²) in [6.45, 7) is 2.12. The van der Waals surface area contributed by atoms with E-state index in [9.17, 15) is 4.39 Å². The Hall–Kier alpha value is -2.37. The summed E-state index contributed by atoms with van der Waals surface area (Å²) < 4.78 is 15.3. The Morgan fingerprint density at radius 3 is 2.74 bits per heavy atom. The first-order chi connectivity index (χ1) is 9.04. The minimum absolute atomic E-state index is 0.0960. The number of hydrogen-bond donors (Lipinski definition) is 3. The van der Waals surface area contributed by atoms with E-state index in [2.05, 4.69) is 10.4 Å². The van der Waals surface area contributed by atoms with E-state index in [1.54, 1.807) is 29.9 Å².